The highest BCUT2D eigenvalue weighted by molar-refractivity contribution is 5.94. The number of carboxylic acids is 1. The van der Waals surface area contributed by atoms with Gasteiger partial charge in [0.25, 0.3) is 0 Å². The Bertz CT molecular complexity index is 635. The minimum atomic E-state index is -0.974. The van der Waals surface area contributed by atoms with E-state index >= 15 is 0 Å². The topological polar surface area (TPSA) is 76.4 Å². The summed E-state index contributed by atoms with van der Waals surface area (Å²) >= 11 is 0. The van der Waals surface area contributed by atoms with Crippen molar-refractivity contribution in [3.05, 3.63) is 41.2 Å². The molecule has 0 fully saturated rings. The molecule has 0 saturated heterocycles. The second-order valence-electron chi connectivity index (χ2n) is 4.48. The van der Waals surface area contributed by atoms with E-state index in [1.54, 1.807) is 23.9 Å². The number of aromatic nitrogens is 2. The minimum Gasteiger partial charge on any atom is -0.497 e. The number of ether oxygens (including phenoxy) is 1. The van der Waals surface area contributed by atoms with E-state index in [9.17, 15) is 9.90 Å². The first-order valence-electron chi connectivity index (χ1n) is 6.15. The summed E-state index contributed by atoms with van der Waals surface area (Å²) in [6.45, 7) is 2.42. The Hall–Kier alpha value is -2.50. The fourth-order valence-corrected chi connectivity index (χ4v) is 2.00. The van der Waals surface area contributed by atoms with Crippen LogP contribution in [0.4, 0.5) is 5.69 Å². The lowest BCUT2D eigenvalue weighted by atomic mass is 10.1. The van der Waals surface area contributed by atoms with E-state index in [-0.39, 0.29) is 5.56 Å². The Morgan fingerprint density at radius 3 is 2.80 bits per heavy atom. The average molecular weight is 275 g/mol. The predicted octanol–water partition coefficient (Wildman–Crippen LogP) is 2.05. The number of aryl methyl sites for hydroxylation is 2. The van der Waals surface area contributed by atoms with Gasteiger partial charge in [0.2, 0.25) is 0 Å². The van der Waals surface area contributed by atoms with E-state index in [1.165, 1.54) is 6.07 Å². The molecule has 0 saturated carbocycles. The first kappa shape index (κ1) is 13.9. The summed E-state index contributed by atoms with van der Waals surface area (Å²) in [5, 5.41) is 16.6. The monoisotopic (exact) mass is 275 g/mol. The molecule has 0 amide bonds. The lowest BCUT2D eigenvalue weighted by molar-refractivity contribution is 0.0698. The number of benzene rings is 1. The molecule has 0 aliphatic rings. The molecule has 106 valence electrons. The van der Waals surface area contributed by atoms with Crippen molar-refractivity contribution in [2.75, 3.05) is 12.4 Å². The summed E-state index contributed by atoms with van der Waals surface area (Å²) in [5.41, 5.74) is 2.68. The normalized spacial score (nSPS) is 10.3. The number of aromatic carboxylic acids is 1. The average Bonchev–Trinajstić information content (AvgIpc) is 2.74. The van der Waals surface area contributed by atoms with Gasteiger partial charge in [-0.25, -0.2) is 4.79 Å². The highest BCUT2D eigenvalue weighted by atomic mass is 16.5. The number of methoxy groups -OCH3 is 1. The molecule has 6 heteroatoms. The third-order valence-corrected chi connectivity index (χ3v) is 3.04. The summed E-state index contributed by atoms with van der Waals surface area (Å²) in [7, 11) is 3.40. The summed E-state index contributed by atoms with van der Waals surface area (Å²) in [4.78, 5) is 11.2. The molecular weight excluding hydrogens is 258 g/mol. The van der Waals surface area contributed by atoms with Gasteiger partial charge in [-0.3, -0.25) is 4.68 Å². The quantitative estimate of drug-likeness (QED) is 0.873. The number of carbonyl (C=O) groups is 1. The number of rotatable bonds is 5. The van der Waals surface area contributed by atoms with Gasteiger partial charge < -0.3 is 15.2 Å². The summed E-state index contributed by atoms with van der Waals surface area (Å²) in [6, 6.07) is 4.83. The van der Waals surface area contributed by atoms with E-state index < -0.39 is 5.97 Å². The van der Waals surface area contributed by atoms with Crippen molar-refractivity contribution >= 4 is 11.7 Å². The van der Waals surface area contributed by atoms with Crippen LogP contribution < -0.4 is 10.1 Å². The molecule has 0 unspecified atom stereocenters. The molecule has 0 atom stereocenters. The van der Waals surface area contributed by atoms with E-state index in [0.29, 0.717) is 18.0 Å². The van der Waals surface area contributed by atoms with Crippen LogP contribution in [0.2, 0.25) is 0 Å². The molecule has 0 spiro atoms. The van der Waals surface area contributed by atoms with Crippen LogP contribution in [-0.2, 0) is 13.6 Å². The van der Waals surface area contributed by atoms with Gasteiger partial charge in [-0.2, -0.15) is 5.10 Å². The van der Waals surface area contributed by atoms with Gasteiger partial charge >= 0.3 is 5.97 Å². The number of carboxylic acid groups (broad SMARTS) is 1. The van der Waals surface area contributed by atoms with Crippen molar-refractivity contribution in [3.8, 4) is 5.75 Å². The molecule has 6 nitrogen and oxygen atoms in total. The molecule has 0 radical (unpaired) electrons. The van der Waals surface area contributed by atoms with Crippen LogP contribution in [0.5, 0.6) is 5.75 Å². The lowest BCUT2D eigenvalue weighted by Crippen LogP contribution is -2.07. The standard InChI is InChI=1S/C14H17N3O3/c1-9-10(8-17(2)16-9)7-15-13-6-11(20-3)4-5-12(13)14(18)19/h4-6,8,15H,7H2,1-3H3,(H,18,19). The molecule has 0 bridgehead atoms. The zero-order valence-electron chi connectivity index (χ0n) is 11.7. The maximum Gasteiger partial charge on any atom is 0.337 e. The molecule has 2 rings (SSSR count). The predicted molar refractivity (Wildman–Crippen MR) is 75.2 cm³/mol. The van der Waals surface area contributed by atoms with Crippen LogP contribution in [0.1, 0.15) is 21.6 Å². The number of nitrogens with one attached hydrogen (secondary N) is 1. The smallest absolute Gasteiger partial charge is 0.337 e. The van der Waals surface area contributed by atoms with Crippen molar-refractivity contribution in [2.45, 2.75) is 13.5 Å². The van der Waals surface area contributed by atoms with Crippen LogP contribution in [0.15, 0.2) is 24.4 Å². The van der Waals surface area contributed by atoms with E-state index in [2.05, 4.69) is 10.4 Å². The molecule has 1 aromatic heterocycles. The van der Waals surface area contributed by atoms with E-state index in [0.717, 1.165) is 11.3 Å². The van der Waals surface area contributed by atoms with Crippen molar-refractivity contribution in [1.82, 2.24) is 9.78 Å². The molecule has 1 heterocycles. The van der Waals surface area contributed by atoms with Gasteiger partial charge in [0.15, 0.2) is 0 Å². The van der Waals surface area contributed by atoms with Crippen molar-refractivity contribution in [3.63, 3.8) is 0 Å². The van der Waals surface area contributed by atoms with Gasteiger partial charge in [0, 0.05) is 31.4 Å². The van der Waals surface area contributed by atoms with Crippen LogP contribution in [0.25, 0.3) is 0 Å². The van der Waals surface area contributed by atoms with E-state index in [1.807, 2.05) is 20.2 Å². The largest absolute Gasteiger partial charge is 0.497 e. The van der Waals surface area contributed by atoms with Crippen molar-refractivity contribution < 1.29 is 14.6 Å². The van der Waals surface area contributed by atoms with E-state index in [4.69, 9.17) is 4.74 Å². The molecule has 0 aliphatic carbocycles. The molecule has 1 aromatic carbocycles. The number of nitrogens with zero attached hydrogens (tertiary/aromatic N) is 2. The molecular formula is C14H17N3O3. The second kappa shape index (κ2) is 5.64. The molecule has 20 heavy (non-hydrogen) atoms. The van der Waals surface area contributed by atoms with Gasteiger partial charge in [-0.1, -0.05) is 0 Å². The fraction of sp³-hybridized carbons (Fsp3) is 0.286. The third kappa shape index (κ3) is 2.90. The van der Waals surface area contributed by atoms with Crippen LogP contribution in [0, 0.1) is 6.92 Å². The molecule has 2 aromatic rings. The van der Waals surface area contributed by atoms with Crippen LogP contribution in [0.3, 0.4) is 0 Å². The Morgan fingerprint density at radius 2 is 2.25 bits per heavy atom. The lowest BCUT2D eigenvalue weighted by Gasteiger charge is -2.11. The first-order valence-corrected chi connectivity index (χ1v) is 6.15. The Kier molecular flexibility index (Phi) is 3.93. The van der Waals surface area contributed by atoms with Gasteiger partial charge in [-0.15, -0.1) is 0 Å². The van der Waals surface area contributed by atoms with Gasteiger partial charge in [-0.05, 0) is 19.1 Å². The first-order chi connectivity index (χ1) is 9.51. The SMILES string of the molecule is COc1ccc(C(=O)O)c(NCc2cn(C)nc2C)c1. The van der Waals surface area contributed by atoms with Gasteiger partial charge in [0.1, 0.15) is 5.75 Å². The second-order valence-corrected chi connectivity index (χ2v) is 4.48. The molecule has 0 aliphatic heterocycles. The summed E-state index contributed by atoms with van der Waals surface area (Å²) < 4.78 is 6.85. The number of hydrogen-bond acceptors (Lipinski definition) is 4. The minimum absolute atomic E-state index is 0.215. The molecule has 2 N–H and O–H groups in total. The Labute approximate surface area is 117 Å². The summed E-state index contributed by atoms with van der Waals surface area (Å²) in [5.74, 6) is -0.363. The third-order valence-electron chi connectivity index (χ3n) is 3.04. The zero-order chi connectivity index (χ0) is 14.7. The van der Waals surface area contributed by atoms with Crippen LogP contribution in [-0.4, -0.2) is 28.0 Å². The summed E-state index contributed by atoms with van der Waals surface area (Å²) in [6.07, 6.45) is 1.91. The maximum atomic E-state index is 11.2. The number of hydrogen-bond donors (Lipinski definition) is 2. The maximum absolute atomic E-state index is 11.2. The fourth-order valence-electron chi connectivity index (χ4n) is 2.00. The van der Waals surface area contributed by atoms with Crippen LogP contribution >= 0.6 is 0 Å². The number of anilines is 1. The van der Waals surface area contributed by atoms with Crippen molar-refractivity contribution in [2.24, 2.45) is 7.05 Å². The zero-order valence-corrected chi connectivity index (χ0v) is 11.7. The van der Waals surface area contributed by atoms with Crippen molar-refractivity contribution in [1.29, 1.82) is 0 Å². The Morgan fingerprint density at radius 1 is 1.50 bits per heavy atom. The highest BCUT2D eigenvalue weighted by Gasteiger charge is 2.12. The highest BCUT2D eigenvalue weighted by Crippen LogP contribution is 2.23. The van der Waals surface area contributed by atoms with Gasteiger partial charge in [0.05, 0.1) is 24.1 Å². The Balaban J connectivity index is 2.23.